The average molecular weight is 277 g/mol. The Hall–Kier alpha value is -2.17. The van der Waals surface area contributed by atoms with Crippen LogP contribution < -0.4 is 5.32 Å². The first-order valence-corrected chi connectivity index (χ1v) is 6.44. The lowest BCUT2D eigenvalue weighted by Gasteiger charge is -2.18. The van der Waals surface area contributed by atoms with E-state index < -0.39 is 17.9 Å². The van der Waals surface area contributed by atoms with Gasteiger partial charge in [-0.3, -0.25) is 4.79 Å². The van der Waals surface area contributed by atoms with Crippen molar-refractivity contribution in [3.63, 3.8) is 0 Å². The minimum Gasteiger partial charge on any atom is -0.467 e. The number of carbonyl (C=O) groups excluding carboxylic acids is 3. The molecule has 5 heteroatoms. The summed E-state index contributed by atoms with van der Waals surface area (Å²) >= 11 is 0. The van der Waals surface area contributed by atoms with Gasteiger partial charge in [-0.25, -0.2) is 4.79 Å². The third-order valence-corrected chi connectivity index (χ3v) is 2.98. The van der Waals surface area contributed by atoms with Gasteiger partial charge in [-0.2, -0.15) is 0 Å². The first kappa shape index (κ1) is 15.9. The fourth-order valence-corrected chi connectivity index (χ4v) is 1.75. The molecule has 0 saturated carbocycles. The highest BCUT2D eigenvalue weighted by Crippen LogP contribution is 2.06. The normalized spacial score (nSPS) is 13.1. The molecule has 0 fully saturated rings. The van der Waals surface area contributed by atoms with Gasteiger partial charge in [0.15, 0.2) is 0 Å². The Morgan fingerprint density at radius 1 is 1.30 bits per heavy atom. The van der Waals surface area contributed by atoms with Crippen LogP contribution in [0.2, 0.25) is 0 Å². The Morgan fingerprint density at radius 2 is 1.95 bits per heavy atom. The van der Waals surface area contributed by atoms with Gasteiger partial charge in [0.2, 0.25) is 5.91 Å². The van der Waals surface area contributed by atoms with Gasteiger partial charge in [-0.1, -0.05) is 37.3 Å². The number of hydrogen-bond donors (Lipinski definition) is 1. The molecule has 0 radical (unpaired) electrons. The molecule has 2 atom stereocenters. The van der Waals surface area contributed by atoms with E-state index in [0.29, 0.717) is 12.7 Å². The third-order valence-electron chi connectivity index (χ3n) is 2.98. The van der Waals surface area contributed by atoms with E-state index in [1.54, 1.807) is 6.92 Å². The molecule has 0 unspecified atom stereocenters. The van der Waals surface area contributed by atoms with E-state index in [-0.39, 0.29) is 12.3 Å². The second-order valence-corrected chi connectivity index (χ2v) is 4.58. The van der Waals surface area contributed by atoms with Gasteiger partial charge >= 0.3 is 5.97 Å². The molecular formula is C15H19NO4. The maximum atomic E-state index is 11.9. The van der Waals surface area contributed by atoms with Crippen LogP contribution in [0.5, 0.6) is 0 Å². The number of methoxy groups -OCH3 is 1. The maximum Gasteiger partial charge on any atom is 0.328 e. The largest absolute Gasteiger partial charge is 0.467 e. The molecule has 1 aromatic rings. The van der Waals surface area contributed by atoms with Gasteiger partial charge < -0.3 is 14.8 Å². The smallest absolute Gasteiger partial charge is 0.328 e. The predicted octanol–water partition coefficient (Wildman–Crippen LogP) is 1.11. The molecular weight excluding hydrogens is 258 g/mol. The van der Waals surface area contributed by atoms with Gasteiger partial charge in [0, 0.05) is 18.8 Å². The molecule has 0 heterocycles. The summed E-state index contributed by atoms with van der Waals surface area (Å²) in [6, 6.07) is 8.60. The van der Waals surface area contributed by atoms with Crippen molar-refractivity contribution in [2.45, 2.75) is 25.8 Å². The molecule has 1 aromatic carbocycles. The minimum absolute atomic E-state index is 0.130. The van der Waals surface area contributed by atoms with Crippen molar-refractivity contribution in [2.24, 2.45) is 5.92 Å². The van der Waals surface area contributed by atoms with Crippen molar-refractivity contribution >= 4 is 18.2 Å². The van der Waals surface area contributed by atoms with Crippen LogP contribution in [-0.2, 0) is 25.5 Å². The number of aldehydes is 1. The van der Waals surface area contributed by atoms with E-state index >= 15 is 0 Å². The molecule has 0 bridgehead atoms. The van der Waals surface area contributed by atoms with Crippen LogP contribution in [0.1, 0.15) is 18.9 Å². The van der Waals surface area contributed by atoms with E-state index in [4.69, 9.17) is 4.74 Å². The van der Waals surface area contributed by atoms with Crippen LogP contribution in [-0.4, -0.2) is 31.3 Å². The fourth-order valence-electron chi connectivity index (χ4n) is 1.75. The van der Waals surface area contributed by atoms with Gasteiger partial charge in [0.05, 0.1) is 7.11 Å². The van der Waals surface area contributed by atoms with E-state index in [9.17, 15) is 14.4 Å². The Labute approximate surface area is 118 Å². The zero-order valence-electron chi connectivity index (χ0n) is 11.7. The molecule has 1 N–H and O–H groups in total. The molecule has 1 rings (SSSR count). The summed E-state index contributed by atoms with van der Waals surface area (Å²) in [5, 5.41) is 2.63. The lowest BCUT2D eigenvalue weighted by atomic mass is 10.0. The van der Waals surface area contributed by atoms with Gasteiger partial charge in [0.1, 0.15) is 12.3 Å². The van der Waals surface area contributed by atoms with Gasteiger partial charge in [-0.05, 0) is 5.56 Å². The van der Waals surface area contributed by atoms with Crippen molar-refractivity contribution in [1.29, 1.82) is 0 Å². The van der Waals surface area contributed by atoms with E-state index in [0.717, 1.165) is 5.56 Å². The Bertz CT molecular complexity index is 458. The third kappa shape index (κ3) is 4.84. The van der Waals surface area contributed by atoms with Gasteiger partial charge in [0.25, 0.3) is 0 Å². The first-order valence-electron chi connectivity index (χ1n) is 6.44. The molecule has 0 aliphatic carbocycles. The second-order valence-electron chi connectivity index (χ2n) is 4.58. The lowest BCUT2D eigenvalue weighted by Crippen LogP contribution is -2.45. The van der Waals surface area contributed by atoms with Crippen molar-refractivity contribution in [3.8, 4) is 0 Å². The number of carbonyl (C=O) groups is 3. The summed E-state index contributed by atoms with van der Waals surface area (Å²) in [6.45, 7) is 1.64. The Balaban J connectivity index is 2.72. The summed E-state index contributed by atoms with van der Waals surface area (Å²) in [7, 11) is 1.28. The highest BCUT2D eigenvalue weighted by atomic mass is 16.5. The molecule has 5 nitrogen and oxygen atoms in total. The van der Waals surface area contributed by atoms with Crippen molar-refractivity contribution in [2.75, 3.05) is 7.11 Å². The van der Waals surface area contributed by atoms with Crippen molar-refractivity contribution in [3.05, 3.63) is 35.9 Å². The summed E-state index contributed by atoms with van der Waals surface area (Å²) in [5.74, 6) is -1.29. The SMILES string of the molecule is COC(=O)[C@H](Cc1ccccc1)NC(=O)[C@@H](C)CC=O. The molecule has 0 aromatic heterocycles. The zero-order chi connectivity index (χ0) is 15.0. The quantitative estimate of drug-likeness (QED) is 0.598. The maximum absolute atomic E-state index is 11.9. The monoisotopic (exact) mass is 277 g/mol. The lowest BCUT2D eigenvalue weighted by molar-refractivity contribution is -0.145. The van der Waals surface area contributed by atoms with Crippen LogP contribution in [0.3, 0.4) is 0 Å². The number of amides is 1. The molecule has 0 saturated heterocycles. The topological polar surface area (TPSA) is 72.5 Å². The van der Waals surface area contributed by atoms with Crippen LogP contribution >= 0.6 is 0 Å². The summed E-state index contributed by atoms with van der Waals surface area (Å²) in [4.78, 5) is 34.0. The molecule has 1 amide bonds. The van der Waals surface area contributed by atoms with E-state index in [1.165, 1.54) is 7.11 Å². The fraction of sp³-hybridized carbons (Fsp3) is 0.400. The van der Waals surface area contributed by atoms with Crippen molar-refractivity contribution < 1.29 is 19.1 Å². The predicted molar refractivity (Wildman–Crippen MR) is 73.9 cm³/mol. The summed E-state index contributed by atoms with van der Waals surface area (Å²) < 4.78 is 4.70. The Morgan fingerprint density at radius 3 is 2.50 bits per heavy atom. The highest BCUT2D eigenvalue weighted by Gasteiger charge is 2.24. The Kier molecular flexibility index (Phi) is 6.43. The first-order chi connectivity index (χ1) is 9.58. The van der Waals surface area contributed by atoms with Crippen molar-refractivity contribution in [1.82, 2.24) is 5.32 Å². The molecule has 20 heavy (non-hydrogen) atoms. The number of rotatable bonds is 7. The molecule has 0 spiro atoms. The average Bonchev–Trinajstić information content (AvgIpc) is 2.47. The number of esters is 1. The summed E-state index contributed by atoms with van der Waals surface area (Å²) in [6.07, 6.45) is 1.17. The van der Waals surface area contributed by atoms with Gasteiger partial charge in [-0.15, -0.1) is 0 Å². The number of ether oxygens (including phenoxy) is 1. The number of nitrogens with one attached hydrogen (secondary N) is 1. The van der Waals surface area contributed by atoms with E-state index in [1.807, 2.05) is 30.3 Å². The molecule has 0 aliphatic rings. The van der Waals surface area contributed by atoms with Crippen LogP contribution in [0.15, 0.2) is 30.3 Å². The minimum atomic E-state index is -0.746. The van der Waals surface area contributed by atoms with E-state index in [2.05, 4.69) is 5.32 Å². The van der Waals surface area contributed by atoms with Crippen LogP contribution in [0.4, 0.5) is 0 Å². The zero-order valence-corrected chi connectivity index (χ0v) is 11.7. The number of benzene rings is 1. The molecule has 108 valence electrons. The second kappa shape index (κ2) is 8.09. The molecule has 0 aliphatic heterocycles. The highest BCUT2D eigenvalue weighted by molar-refractivity contribution is 5.86. The van der Waals surface area contributed by atoms with Crippen LogP contribution in [0.25, 0.3) is 0 Å². The standard InChI is InChI=1S/C15H19NO4/c1-11(8-9-17)14(18)16-13(15(19)20-2)10-12-6-4-3-5-7-12/h3-7,9,11,13H,8,10H2,1-2H3,(H,16,18)/t11-,13-/m0/s1. The van der Waals surface area contributed by atoms with Crippen LogP contribution in [0, 0.1) is 5.92 Å². The number of hydrogen-bond acceptors (Lipinski definition) is 4. The summed E-state index contributed by atoms with van der Waals surface area (Å²) in [5.41, 5.74) is 0.922.